The van der Waals surface area contributed by atoms with Gasteiger partial charge in [-0.25, -0.2) is 13.4 Å². The number of nitrogens with one attached hydrogen (secondary N) is 1. The molecule has 0 aliphatic carbocycles. The van der Waals surface area contributed by atoms with Crippen LogP contribution in [0.15, 0.2) is 29.1 Å². The van der Waals surface area contributed by atoms with Gasteiger partial charge in [0.1, 0.15) is 16.4 Å². The number of fused-ring (bicyclic) bond motifs is 3. The second-order valence-corrected chi connectivity index (χ2v) is 9.90. The van der Waals surface area contributed by atoms with E-state index in [0.29, 0.717) is 22.5 Å². The lowest BCUT2D eigenvalue weighted by atomic mass is 10.1. The Hall–Kier alpha value is -2.19. The number of thiophene rings is 1. The normalized spacial score (nSPS) is 16.0. The fraction of sp³-hybridized carbons (Fsp3) is 0.333. The lowest BCUT2D eigenvalue weighted by molar-refractivity contribution is 0.242. The zero-order valence-corrected chi connectivity index (χ0v) is 16.0. The minimum Gasteiger partial charge on any atom is -0.491 e. The largest absolute Gasteiger partial charge is 0.491 e. The SMILES string of the molecule is CC(C)Oc1ccc(-c2nc3sc4c(c3c(=O)[nH]2)CCS(=O)(=O)C4)cc1. The molecule has 1 aromatic carbocycles. The summed E-state index contributed by atoms with van der Waals surface area (Å²) in [5, 5.41) is 0.531. The predicted molar refractivity (Wildman–Crippen MR) is 103 cm³/mol. The molecule has 1 aliphatic heterocycles. The Morgan fingerprint density at radius 1 is 1.23 bits per heavy atom. The van der Waals surface area contributed by atoms with Crippen molar-refractivity contribution in [1.29, 1.82) is 0 Å². The van der Waals surface area contributed by atoms with E-state index < -0.39 is 9.84 Å². The van der Waals surface area contributed by atoms with Crippen LogP contribution in [0.4, 0.5) is 0 Å². The van der Waals surface area contributed by atoms with Gasteiger partial charge in [-0.2, -0.15) is 0 Å². The van der Waals surface area contributed by atoms with Gasteiger partial charge in [0.15, 0.2) is 9.84 Å². The Balaban J connectivity index is 1.77. The van der Waals surface area contributed by atoms with Gasteiger partial charge in [0, 0.05) is 10.4 Å². The molecule has 0 bridgehead atoms. The molecular formula is C18H18N2O4S2. The predicted octanol–water partition coefficient (Wildman–Crippen LogP) is 2.91. The molecule has 26 heavy (non-hydrogen) atoms. The van der Waals surface area contributed by atoms with Crippen LogP contribution in [0.2, 0.25) is 0 Å². The van der Waals surface area contributed by atoms with E-state index in [1.807, 2.05) is 38.1 Å². The summed E-state index contributed by atoms with van der Waals surface area (Å²) in [6, 6.07) is 7.37. The Morgan fingerprint density at radius 2 is 1.96 bits per heavy atom. The minimum absolute atomic E-state index is 0.000624. The van der Waals surface area contributed by atoms with E-state index in [9.17, 15) is 13.2 Å². The standard InChI is InChI=1S/C18H18N2O4S2/c1-10(2)24-12-5-3-11(4-6-12)16-19-17(21)15-13-7-8-26(22,23)9-14(13)25-18(15)20-16/h3-6,10H,7-9H2,1-2H3,(H,19,20,21). The van der Waals surface area contributed by atoms with Crippen LogP contribution in [-0.4, -0.2) is 30.2 Å². The van der Waals surface area contributed by atoms with Crippen LogP contribution >= 0.6 is 11.3 Å². The van der Waals surface area contributed by atoms with Crippen molar-refractivity contribution in [3.63, 3.8) is 0 Å². The van der Waals surface area contributed by atoms with Gasteiger partial charge in [-0.05, 0) is 50.1 Å². The van der Waals surface area contributed by atoms with Crippen LogP contribution < -0.4 is 10.3 Å². The van der Waals surface area contributed by atoms with Crippen LogP contribution in [0, 0.1) is 0 Å². The summed E-state index contributed by atoms with van der Waals surface area (Å²) >= 11 is 1.30. The molecule has 0 fully saturated rings. The van der Waals surface area contributed by atoms with Gasteiger partial charge >= 0.3 is 0 Å². The zero-order valence-electron chi connectivity index (χ0n) is 14.4. The lowest BCUT2D eigenvalue weighted by Crippen LogP contribution is -2.19. The van der Waals surface area contributed by atoms with Gasteiger partial charge in [0.05, 0.1) is 23.0 Å². The first-order chi connectivity index (χ1) is 12.3. The fourth-order valence-corrected chi connectivity index (χ4v) is 6.14. The average molecular weight is 390 g/mol. The van der Waals surface area contributed by atoms with Crippen molar-refractivity contribution in [3.05, 3.63) is 45.1 Å². The number of rotatable bonds is 3. The molecule has 0 unspecified atom stereocenters. The van der Waals surface area contributed by atoms with Crippen LogP contribution in [0.3, 0.4) is 0 Å². The number of aromatic amines is 1. The van der Waals surface area contributed by atoms with E-state index in [2.05, 4.69) is 9.97 Å². The van der Waals surface area contributed by atoms with Crippen LogP contribution in [-0.2, 0) is 22.0 Å². The molecule has 3 heterocycles. The Kier molecular flexibility index (Phi) is 4.11. The summed E-state index contributed by atoms with van der Waals surface area (Å²) in [6.45, 7) is 3.92. The molecule has 4 rings (SSSR count). The molecule has 1 aliphatic rings. The molecule has 0 amide bonds. The Bertz CT molecular complexity index is 1140. The van der Waals surface area contributed by atoms with Crippen molar-refractivity contribution >= 4 is 31.4 Å². The number of benzene rings is 1. The van der Waals surface area contributed by atoms with E-state index in [1.165, 1.54) is 11.3 Å². The fourth-order valence-electron chi connectivity index (χ4n) is 3.12. The highest BCUT2D eigenvalue weighted by Gasteiger charge is 2.27. The highest BCUT2D eigenvalue weighted by atomic mass is 32.2. The van der Waals surface area contributed by atoms with Crippen molar-refractivity contribution in [2.24, 2.45) is 0 Å². The maximum Gasteiger partial charge on any atom is 0.260 e. The minimum atomic E-state index is -3.08. The van der Waals surface area contributed by atoms with E-state index in [4.69, 9.17) is 4.74 Å². The van der Waals surface area contributed by atoms with Crippen LogP contribution in [0.5, 0.6) is 5.75 Å². The third-order valence-corrected chi connectivity index (χ3v) is 7.12. The summed E-state index contributed by atoms with van der Waals surface area (Å²) in [5.74, 6) is 1.31. The van der Waals surface area contributed by atoms with E-state index in [1.54, 1.807) is 0 Å². The second kappa shape index (κ2) is 6.21. The molecule has 8 heteroatoms. The van der Waals surface area contributed by atoms with Gasteiger partial charge in [0.25, 0.3) is 5.56 Å². The maximum absolute atomic E-state index is 12.6. The number of nitrogens with zero attached hydrogens (tertiary/aromatic N) is 1. The molecule has 136 valence electrons. The molecule has 0 saturated carbocycles. The monoisotopic (exact) mass is 390 g/mol. The lowest BCUT2D eigenvalue weighted by Gasteiger charge is -2.11. The number of ether oxygens (including phenoxy) is 1. The summed E-state index contributed by atoms with van der Waals surface area (Å²) in [5.41, 5.74) is 1.39. The number of H-pyrrole nitrogens is 1. The summed E-state index contributed by atoms with van der Waals surface area (Å²) in [7, 11) is -3.08. The number of aryl methyl sites for hydroxylation is 1. The molecular weight excluding hydrogens is 372 g/mol. The van der Waals surface area contributed by atoms with Crippen molar-refractivity contribution in [1.82, 2.24) is 9.97 Å². The third-order valence-electron chi connectivity index (χ3n) is 4.26. The number of sulfone groups is 1. The first-order valence-electron chi connectivity index (χ1n) is 8.34. The van der Waals surface area contributed by atoms with Crippen LogP contribution in [0.25, 0.3) is 21.6 Å². The maximum atomic E-state index is 12.6. The van der Waals surface area contributed by atoms with E-state index in [0.717, 1.165) is 21.8 Å². The first kappa shape index (κ1) is 17.2. The number of hydrogen-bond acceptors (Lipinski definition) is 6. The van der Waals surface area contributed by atoms with Crippen molar-refractivity contribution in [3.8, 4) is 17.1 Å². The molecule has 0 saturated heterocycles. The average Bonchev–Trinajstić information content (AvgIpc) is 2.91. The van der Waals surface area contributed by atoms with Crippen molar-refractivity contribution in [2.45, 2.75) is 32.1 Å². The summed E-state index contributed by atoms with van der Waals surface area (Å²) in [4.78, 5) is 21.4. The van der Waals surface area contributed by atoms with E-state index in [-0.39, 0.29) is 23.2 Å². The Labute approximate surface area is 154 Å². The van der Waals surface area contributed by atoms with E-state index >= 15 is 0 Å². The highest BCUT2D eigenvalue weighted by molar-refractivity contribution is 7.90. The Morgan fingerprint density at radius 3 is 2.65 bits per heavy atom. The number of aromatic nitrogens is 2. The molecule has 3 aromatic rings. The van der Waals surface area contributed by atoms with Crippen molar-refractivity contribution < 1.29 is 13.2 Å². The van der Waals surface area contributed by atoms with Crippen LogP contribution in [0.1, 0.15) is 24.3 Å². The molecule has 1 N–H and O–H groups in total. The van der Waals surface area contributed by atoms with Gasteiger partial charge in [-0.1, -0.05) is 0 Å². The molecule has 0 radical (unpaired) electrons. The molecule has 0 spiro atoms. The molecule has 2 aromatic heterocycles. The summed E-state index contributed by atoms with van der Waals surface area (Å²) in [6.07, 6.45) is 0.465. The summed E-state index contributed by atoms with van der Waals surface area (Å²) < 4.78 is 29.3. The van der Waals surface area contributed by atoms with Gasteiger partial charge < -0.3 is 9.72 Å². The third kappa shape index (κ3) is 3.14. The second-order valence-electron chi connectivity index (χ2n) is 6.63. The quantitative estimate of drug-likeness (QED) is 0.743. The van der Waals surface area contributed by atoms with Crippen molar-refractivity contribution in [2.75, 3.05) is 5.75 Å². The zero-order chi connectivity index (χ0) is 18.5. The topological polar surface area (TPSA) is 89.1 Å². The number of hydrogen-bond donors (Lipinski definition) is 1. The molecule has 0 atom stereocenters. The smallest absolute Gasteiger partial charge is 0.260 e. The van der Waals surface area contributed by atoms with Gasteiger partial charge in [-0.3, -0.25) is 4.79 Å². The van der Waals surface area contributed by atoms with Gasteiger partial charge in [-0.15, -0.1) is 11.3 Å². The molecule has 6 nitrogen and oxygen atoms in total. The van der Waals surface area contributed by atoms with Gasteiger partial charge in [0.2, 0.25) is 0 Å². The first-order valence-corrected chi connectivity index (χ1v) is 11.0. The highest BCUT2D eigenvalue weighted by Crippen LogP contribution is 2.34.